The number of likely N-dealkylation sites (N-methyl/N-ethyl adjacent to an activating group) is 1. The van der Waals surface area contributed by atoms with E-state index < -0.39 is 0 Å². The van der Waals surface area contributed by atoms with Crippen LogP contribution in [0.1, 0.15) is 0 Å². The van der Waals surface area contributed by atoms with E-state index in [0.717, 1.165) is 11.4 Å². The number of anilines is 1. The highest BCUT2D eigenvalue weighted by Crippen LogP contribution is 2.25. The van der Waals surface area contributed by atoms with Crippen LogP contribution in [-0.2, 0) is 4.79 Å². The summed E-state index contributed by atoms with van der Waals surface area (Å²) in [5.41, 5.74) is 5.96. The van der Waals surface area contributed by atoms with Gasteiger partial charge in [0.25, 0.3) is 0 Å². The fourth-order valence-electron chi connectivity index (χ4n) is 1.26. The predicted molar refractivity (Wildman–Crippen MR) is 55.5 cm³/mol. The van der Waals surface area contributed by atoms with E-state index in [1.165, 1.54) is 0 Å². The molecule has 0 heterocycles. The maximum absolute atomic E-state index is 10.7. The maximum atomic E-state index is 10.7. The van der Waals surface area contributed by atoms with Gasteiger partial charge in [-0.15, -0.1) is 0 Å². The first-order valence-corrected chi connectivity index (χ1v) is 4.27. The van der Waals surface area contributed by atoms with Crippen LogP contribution in [0.25, 0.3) is 0 Å². The molecule has 0 unspecified atom stereocenters. The van der Waals surface area contributed by atoms with Gasteiger partial charge in [0.2, 0.25) is 5.91 Å². The predicted octanol–water partition coefficient (Wildman–Crippen LogP) is 0.617. The molecule has 76 valence electrons. The molecule has 1 aromatic rings. The summed E-state index contributed by atoms with van der Waals surface area (Å²) in [4.78, 5) is 12.5. The Kier molecular flexibility index (Phi) is 3.34. The normalized spacial score (nSPS) is 9.57. The van der Waals surface area contributed by atoms with E-state index in [-0.39, 0.29) is 12.5 Å². The summed E-state index contributed by atoms with van der Waals surface area (Å²) in [7, 11) is 3.39. The minimum atomic E-state index is -0.363. The van der Waals surface area contributed by atoms with E-state index in [9.17, 15) is 4.79 Å². The quantitative estimate of drug-likeness (QED) is 0.764. The average Bonchev–Trinajstić information content (AvgIpc) is 2.16. The molecule has 0 saturated heterocycles. The van der Waals surface area contributed by atoms with Crippen molar-refractivity contribution in [3.8, 4) is 5.75 Å². The first kappa shape index (κ1) is 10.4. The molecule has 0 saturated carbocycles. The second kappa shape index (κ2) is 4.50. The molecule has 0 aliphatic heterocycles. The monoisotopic (exact) mass is 194 g/mol. The number of nitrogens with zero attached hydrogens (tertiary/aromatic N) is 1. The first-order chi connectivity index (χ1) is 6.65. The van der Waals surface area contributed by atoms with Gasteiger partial charge < -0.3 is 15.4 Å². The summed E-state index contributed by atoms with van der Waals surface area (Å²) >= 11 is 0. The molecule has 0 fully saturated rings. The van der Waals surface area contributed by atoms with Crippen molar-refractivity contribution in [2.45, 2.75) is 0 Å². The number of carbonyl (C=O) groups excluding carboxylic acids is 1. The second-order valence-electron chi connectivity index (χ2n) is 2.99. The lowest BCUT2D eigenvalue weighted by Gasteiger charge is -2.19. The molecule has 1 rings (SSSR count). The summed E-state index contributed by atoms with van der Waals surface area (Å²) in [6.07, 6.45) is 0. The van der Waals surface area contributed by atoms with Crippen molar-refractivity contribution in [3.05, 3.63) is 24.3 Å². The van der Waals surface area contributed by atoms with E-state index >= 15 is 0 Å². The third-order valence-corrected chi connectivity index (χ3v) is 1.89. The number of carbonyl (C=O) groups is 1. The van der Waals surface area contributed by atoms with Gasteiger partial charge in [0.15, 0.2) is 0 Å². The zero-order chi connectivity index (χ0) is 10.6. The van der Waals surface area contributed by atoms with Gasteiger partial charge in [-0.2, -0.15) is 0 Å². The van der Waals surface area contributed by atoms with Crippen molar-refractivity contribution in [3.63, 3.8) is 0 Å². The van der Waals surface area contributed by atoms with E-state index in [4.69, 9.17) is 10.5 Å². The number of ether oxygens (including phenoxy) is 1. The van der Waals surface area contributed by atoms with E-state index in [1.807, 2.05) is 24.3 Å². The minimum absolute atomic E-state index is 0.181. The largest absolute Gasteiger partial charge is 0.495 e. The number of benzene rings is 1. The van der Waals surface area contributed by atoms with Gasteiger partial charge >= 0.3 is 0 Å². The van der Waals surface area contributed by atoms with Crippen LogP contribution in [0, 0.1) is 0 Å². The third-order valence-electron chi connectivity index (χ3n) is 1.89. The molecule has 0 spiro atoms. The van der Waals surface area contributed by atoms with Gasteiger partial charge in [-0.1, -0.05) is 12.1 Å². The van der Waals surface area contributed by atoms with Crippen LogP contribution >= 0.6 is 0 Å². The number of methoxy groups -OCH3 is 1. The van der Waals surface area contributed by atoms with Crippen LogP contribution in [-0.4, -0.2) is 26.6 Å². The Balaban J connectivity index is 2.87. The molecule has 0 radical (unpaired) electrons. The van der Waals surface area contributed by atoms with E-state index in [1.54, 1.807) is 19.1 Å². The third kappa shape index (κ3) is 2.39. The van der Waals surface area contributed by atoms with Crippen LogP contribution in [0.3, 0.4) is 0 Å². The summed E-state index contributed by atoms with van der Waals surface area (Å²) in [6.45, 7) is 0.181. The summed E-state index contributed by atoms with van der Waals surface area (Å²) in [6, 6.07) is 7.48. The first-order valence-electron chi connectivity index (χ1n) is 4.27. The van der Waals surface area contributed by atoms with Gasteiger partial charge in [0, 0.05) is 7.05 Å². The minimum Gasteiger partial charge on any atom is -0.495 e. The average molecular weight is 194 g/mol. The Bertz CT molecular complexity index is 326. The summed E-state index contributed by atoms with van der Waals surface area (Å²) in [5, 5.41) is 0. The Morgan fingerprint density at radius 3 is 2.71 bits per heavy atom. The van der Waals surface area contributed by atoms with Crippen LogP contribution in [0.15, 0.2) is 24.3 Å². The van der Waals surface area contributed by atoms with Crippen LogP contribution in [0.5, 0.6) is 5.75 Å². The number of para-hydroxylation sites is 2. The van der Waals surface area contributed by atoms with Crippen LogP contribution in [0.4, 0.5) is 5.69 Å². The molecule has 1 aromatic carbocycles. The number of amides is 1. The maximum Gasteiger partial charge on any atom is 0.236 e. The Labute approximate surface area is 83.3 Å². The molecule has 14 heavy (non-hydrogen) atoms. The molecule has 4 nitrogen and oxygen atoms in total. The Morgan fingerprint density at radius 2 is 2.14 bits per heavy atom. The van der Waals surface area contributed by atoms with Crippen molar-refractivity contribution in [1.82, 2.24) is 0 Å². The van der Waals surface area contributed by atoms with Gasteiger partial charge in [0.1, 0.15) is 5.75 Å². The molecule has 2 N–H and O–H groups in total. The van der Waals surface area contributed by atoms with Crippen LogP contribution in [0.2, 0.25) is 0 Å². The highest BCUT2D eigenvalue weighted by molar-refractivity contribution is 5.80. The molecule has 0 bridgehead atoms. The SMILES string of the molecule is COc1ccccc1N(C)CC(N)=O. The topological polar surface area (TPSA) is 55.6 Å². The smallest absolute Gasteiger partial charge is 0.236 e. The summed E-state index contributed by atoms with van der Waals surface area (Å²) < 4.78 is 5.15. The molecule has 0 aliphatic rings. The van der Waals surface area contributed by atoms with E-state index in [2.05, 4.69) is 0 Å². The van der Waals surface area contributed by atoms with Crippen molar-refractivity contribution >= 4 is 11.6 Å². The van der Waals surface area contributed by atoms with Gasteiger partial charge in [-0.25, -0.2) is 0 Å². The molecule has 1 amide bonds. The van der Waals surface area contributed by atoms with Crippen molar-refractivity contribution in [1.29, 1.82) is 0 Å². The van der Waals surface area contributed by atoms with Crippen LogP contribution < -0.4 is 15.4 Å². The number of nitrogens with two attached hydrogens (primary N) is 1. The molecule has 4 heteroatoms. The molecule has 0 aromatic heterocycles. The van der Waals surface area contributed by atoms with E-state index in [0.29, 0.717) is 0 Å². The molecular formula is C10H14N2O2. The lowest BCUT2D eigenvalue weighted by molar-refractivity contribution is -0.116. The number of primary amides is 1. The standard InChI is InChI=1S/C10H14N2O2/c1-12(7-10(11)13)8-5-3-4-6-9(8)14-2/h3-6H,7H2,1-2H3,(H2,11,13). The fourth-order valence-corrected chi connectivity index (χ4v) is 1.26. The second-order valence-corrected chi connectivity index (χ2v) is 2.99. The highest BCUT2D eigenvalue weighted by Gasteiger charge is 2.08. The lowest BCUT2D eigenvalue weighted by Crippen LogP contribution is -2.30. The molecule has 0 atom stereocenters. The van der Waals surface area contributed by atoms with Gasteiger partial charge in [-0.05, 0) is 12.1 Å². The number of rotatable bonds is 4. The van der Waals surface area contributed by atoms with Crippen molar-refractivity contribution in [2.24, 2.45) is 5.73 Å². The summed E-state index contributed by atoms with van der Waals surface area (Å²) in [5.74, 6) is 0.370. The van der Waals surface area contributed by atoms with Gasteiger partial charge in [-0.3, -0.25) is 4.79 Å². The van der Waals surface area contributed by atoms with Crippen molar-refractivity contribution < 1.29 is 9.53 Å². The Hall–Kier alpha value is -1.71. The molecule has 0 aliphatic carbocycles. The number of hydrogen-bond donors (Lipinski definition) is 1. The van der Waals surface area contributed by atoms with Crippen molar-refractivity contribution in [2.75, 3.05) is 25.6 Å². The Morgan fingerprint density at radius 1 is 1.50 bits per heavy atom. The molecular weight excluding hydrogens is 180 g/mol. The number of hydrogen-bond acceptors (Lipinski definition) is 3. The lowest BCUT2D eigenvalue weighted by atomic mass is 10.2. The zero-order valence-electron chi connectivity index (χ0n) is 8.36. The zero-order valence-corrected chi connectivity index (χ0v) is 8.36. The fraction of sp³-hybridized carbons (Fsp3) is 0.300. The van der Waals surface area contributed by atoms with Gasteiger partial charge in [0.05, 0.1) is 19.3 Å². The highest BCUT2D eigenvalue weighted by atomic mass is 16.5.